The number of rotatable bonds is 2. The number of thioether (sulfide) groups is 1. The molecule has 3 fully saturated rings. The molecule has 3 rings (SSSR count). The lowest BCUT2D eigenvalue weighted by molar-refractivity contribution is -0.409. The first-order valence-electron chi connectivity index (χ1n) is 5.84. The van der Waals surface area contributed by atoms with Crippen molar-refractivity contribution in [1.82, 2.24) is 0 Å². The van der Waals surface area contributed by atoms with Crippen LogP contribution in [0, 0.1) is 0 Å². The van der Waals surface area contributed by atoms with Crippen molar-refractivity contribution in [2.75, 3.05) is 12.9 Å². The second-order valence-corrected chi connectivity index (χ2v) is 5.86. The normalized spacial score (nSPS) is 49.7. The summed E-state index contributed by atoms with van der Waals surface area (Å²) >= 11 is 1.31. The van der Waals surface area contributed by atoms with Crippen LogP contribution in [0.2, 0.25) is 0 Å². The molecule has 2 bridgehead atoms. The molecule has 3 aliphatic heterocycles. The van der Waals surface area contributed by atoms with Crippen LogP contribution in [-0.4, -0.2) is 54.7 Å². The first-order chi connectivity index (χ1) is 8.49. The molecule has 0 aromatic rings. The molecule has 3 aliphatic rings. The topological polar surface area (TPSA) is 63.2 Å². The zero-order chi connectivity index (χ0) is 13.0. The molecule has 3 saturated heterocycles. The fraction of sp³-hybridized carbons (Fsp3) is 0.909. The fourth-order valence-electron chi connectivity index (χ4n) is 2.51. The van der Waals surface area contributed by atoms with Crippen molar-refractivity contribution < 1.29 is 28.5 Å². The summed E-state index contributed by atoms with van der Waals surface area (Å²) in [6.07, 6.45) is 0.824. The summed E-state index contributed by atoms with van der Waals surface area (Å²) < 4.78 is 28.4. The summed E-state index contributed by atoms with van der Waals surface area (Å²) in [4.78, 5) is 11.2. The predicted molar refractivity (Wildman–Crippen MR) is 61.8 cm³/mol. The molecule has 18 heavy (non-hydrogen) atoms. The molecule has 7 heteroatoms. The zero-order valence-electron chi connectivity index (χ0n) is 10.5. The second-order valence-electron chi connectivity index (χ2n) is 4.95. The number of carbonyl (C=O) groups is 1. The molecular weight excluding hydrogens is 260 g/mol. The smallest absolute Gasteiger partial charge is 0.338 e. The first kappa shape index (κ1) is 12.8. The van der Waals surface area contributed by atoms with Crippen LogP contribution in [0.4, 0.5) is 0 Å². The van der Waals surface area contributed by atoms with Gasteiger partial charge in [-0.05, 0) is 20.1 Å². The number of carbonyl (C=O) groups excluding carboxylic acids is 1. The summed E-state index contributed by atoms with van der Waals surface area (Å²) in [5, 5.41) is -1.12. The van der Waals surface area contributed by atoms with Gasteiger partial charge in [-0.3, -0.25) is 0 Å². The minimum absolute atomic E-state index is 0.234. The number of hydrogen-bond acceptors (Lipinski definition) is 7. The van der Waals surface area contributed by atoms with Gasteiger partial charge in [-0.1, -0.05) is 11.8 Å². The number of aldehydes is 1. The maximum atomic E-state index is 11.2. The number of fused-ring (bicyclic) bond motifs is 4. The van der Waals surface area contributed by atoms with Crippen LogP contribution in [0.3, 0.4) is 0 Å². The van der Waals surface area contributed by atoms with Gasteiger partial charge >= 0.3 is 5.31 Å². The molecule has 0 aliphatic carbocycles. The largest absolute Gasteiger partial charge is 0.342 e. The van der Waals surface area contributed by atoms with Gasteiger partial charge in [-0.15, -0.1) is 0 Å². The highest BCUT2D eigenvalue weighted by Crippen LogP contribution is 2.46. The SMILES string of the molecule is CSC12OCC(O1)C1OC(C)(C)OC(C=O)C1O2. The lowest BCUT2D eigenvalue weighted by Crippen LogP contribution is -2.64. The molecule has 5 unspecified atom stereocenters. The van der Waals surface area contributed by atoms with E-state index < -0.39 is 23.3 Å². The Morgan fingerprint density at radius 1 is 1.17 bits per heavy atom. The molecular formula is C11H16O6S. The Kier molecular flexibility index (Phi) is 2.96. The Balaban J connectivity index is 1.89. The molecule has 5 atom stereocenters. The minimum Gasteiger partial charge on any atom is -0.342 e. The molecule has 0 amide bonds. The number of ether oxygens (including phenoxy) is 5. The van der Waals surface area contributed by atoms with E-state index in [0.29, 0.717) is 6.61 Å². The van der Waals surface area contributed by atoms with Crippen LogP contribution in [0.25, 0.3) is 0 Å². The van der Waals surface area contributed by atoms with Crippen LogP contribution in [-0.2, 0) is 28.5 Å². The Morgan fingerprint density at radius 2 is 1.94 bits per heavy atom. The maximum absolute atomic E-state index is 11.2. The van der Waals surface area contributed by atoms with E-state index in [1.54, 1.807) is 13.8 Å². The summed E-state index contributed by atoms with van der Waals surface area (Å²) in [6, 6.07) is 0. The van der Waals surface area contributed by atoms with Crippen molar-refractivity contribution in [2.24, 2.45) is 0 Å². The molecule has 0 aromatic carbocycles. The van der Waals surface area contributed by atoms with Gasteiger partial charge in [0, 0.05) is 0 Å². The van der Waals surface area contributed by atoms with E-state index in [0.717, 1.165) is 6.29 Å². The standard InChI is InChI=1S/C11H16O6S/c1-10(2)14-6(4-12)8-9(16-10)7-5-13-11(15-7,17-8)18-3/h4,6-9H,5H2,1-3H3. The summed E-state index contributed by atoms with van der Waals surface area (Å²) in [7, 11) is 0. The van der Waals surface area contributed by atoms with Gasteiger partial charge in [0.2, 0.25) is 0 Å². The van der Waals surface area contributed by atoms with Gasteiger partial charge in [0.25, 0.3) is 0 Å². The quantitative estimate of drug-likeness (QED) is 0.680. The predicted octanol–water partition coefficient (Wildman–Crippen LogP) is 0.494. The van der Waals surface area contributed by atoms with Gasteiger partial charge in [-0.2, -0.15) is 0 Å². The van der Waals surface area contributed by atoms with E-state index in [-0.39, 0.29) is 12.2 Å². The molecule has 0 spiro atoms. The van der Waals surface area contributed by atoms with E-state index in [1.165, 1.54) is 11.8 Å². The molecule has 102 valence electrons. The zero-order valence-corrected chi connectivity index (χ0v) is 11.3. The Bertz CT molecular complexity index is 361. The van der Waals surface area contributed by atoms with Crippen LogP contribution in [0.5, 0.6) is 0 Å². The van der Waals surface area contributed by atoms with E-state index >= 15 is 0 Å². The Morgan fingerprint density at radius 3 is 2.61 bits per heavy atom. The second kappa shape index (κ2) is 4.16. The van der Waals surface area contributed by atoms with Crippen LogP contribution < -0.4 is 0 Å². The van der Waals surface area contributed by atoms with Gasteiger partial charge in [0.1, 0.15) is 24.4 Å². The van der Waals surface area contributed by atoms with Gasteiger partial charge in [-0.25, -0.2) is 0 Å². The van der Waals surface area contributed by atoms with Crippen LogP contribution in [0.15, 0.2) is 0 Å². The van der Waals surface area contributed by atoms with Gasteiger partial charge < -0.3 is 28.5 Å². The highest BCUT2D eigenvalue weighted by atomic mass is 32.2. The van der Waals surface area contributed by atoms with Crippen molar-refractivity contribution in [2.45, 2.75) is 49.4 Å². The van der Waals surface area contributed by atoms with Crippen molar-refractivity contribution in [1.29, 1.82) is 0 Å². The average Bonchev–Trinajstić information content (AvgIpc) is 2.70. The molecule has 0 radical (unpaired) electrons. The third kappa shape index (κ3) is 1.90. The Hall–Kier alpha value is -0.180. The first-order valence-corrected chi connectivity index (χ1v) is 7.07. The average molecular weight is 276 g/mol. The highest BCUT2D eigenvalue weighted by molar-refractivity contribution is 7.99. The van der Waals surface area contributed by atoms with Crippen molar-refractivity contribution in [3.05, 3.63) is 0 Å². The van der Waals surface area contributed by atoms with E-state index in [4.69, 9.17) is 23.7 Å². The van der Waals surface area contributed by atoms with E-state index in [2.05, 4.69) is 0 Å². The third-order valence-electron chi connectivity index (χ3n) is 3.24. The fourth-order valence-corrected chi connectivity index (χ4v) is 3.13. The van der Waals surface area contributed by atoms with Gasteiger partial charge in [0.15, 0.2) is 12.1 Å². The summed E-state index contributed by atoms with van der Waals surface area (Å²) in [5.41, 5.74) is 0. The lowest BCUT2D eigenvalue weighted by Gasteiger charge is -2.49. The third-order valence-corrected chi connectivity index (χ3v) is 4.05. The highest BCUT2D eigenvalue weighted by Gasteiger charge is 2.60. The molecule has 0 aromatic heterocycles. The monoisotopic (exact) mass is 276 g/mol. The van der Waals surface area contributed by atoms with E-state index in [9.17, 15) is 4.79 Å². The van der Waals surface area contributed by atoms with Gasteiger partial charge in [0.05, 0.1) is 6.61 Å². The van der Waals surface area contributed by atoms with E-state index in [1.807, 2.05) is 6.26 Å². The maximum Gasteiger partial charge on any atom is 0.338 e. The van der Waals surface area contributed by atoms with Crippen molar-refractivity contribution in [3.63, 3.8) is 0 Å². The van der Waals surface area contributed by atoms with Crippen molar-refractivity contribution >= 4 is 18.0 Å². The number of hydrogen-bond donors (Lipinski definition) is 0. The lowest BCUT2D eigenvalue weighted by atomic mass is 10.0. The minimum atomic E-state index is -1.12. The molecule has 0 saturated carbocycles. The Labute approximate surface area is 109 Å². The van der Waals surface area contributed by atoms with Crippen LogP contribution >= 0.6 is 11.8 Å². The van der Waals surface area contributed by atoms with Crippen LogP contribution in [0.1, 0.15) is 13.8 Å². The molecule has 3 heterocycles. The van der Waals surface area contributed by atoms with Crippen molar-refractivity contribution in [3.8, 4) is 0 Å². The molecule has 6 nitrogen and oxygen atoms in total. The summed E-state index contributed by atoms with van der Waals surface area (Å²) in [6.45, 7) is 3.93. The molecule has 0 N–H and O–H groups in total. The summed E-state index contributed by atoms with van der Waals surface area (Å²) in [5.74, 6) is -0.832.